The minimum Gasteiger partial charge on any atom is -0.496 e. The quantitative estimate of drug-likeness (QED) is 0.836. The Balaban J connectivity index is 2.19. The molecule has 0 radical (unpaired) electrons. The van der Waals surface area contributed by atoms with Crippen LogP contribution in [0.2, 0.25) is 0 Å². The summed E-state index contributed by atoms with van der Waals surface area (Å²) in [6.45, 7) is 4.75. The summed E-state index contributed by atoms with van der Waals surface area (Å²) < 4.78 is 11.3. The number of benzene rings is 2. The van der Waals surface area contributed by atoms with Gasteiger partial charge in [0.1, 0.15) is 18.1 Å². The van der Waals surface area contributed by atoms with Gasteiger partial charge in [0, 0.05) is 11.3 Å². The summed E-state index contributed by atoms with van der Waals surface area (Å²) >= 11 is 0. The van der Waals surface area contributed by atoms with Crippen molar-refractivity contribution in [3.8, 4) is 11.5 Å². The number of nitrogen functional groups attached to an aromatic ring is 1. The average molecular weight is 271 g/mol. The smallest absolute Gasteiger partial charge is 0.125 e. The summed E-state index contributed by atoms with van der Waals surface area (Å²) in [7, 11) is 1.65. The Morgan fingerprint density at radius 2 is 1.80 bits per heavy atom. The molecule has 0 spiro atoms. The summed E-state index contributed by atoms with van der Waals surface area (Å²) in [4.78, 5) is 0. The molecule has 2 rings (SSSR count). The maximum atomic E-state index is 5.95. The number of hydrogen-bond acceptors (Lipinski definition) is 3. The molecule has 2 aromatic rings. The van der Waals surface area contributed by atoms with E-state index in [0.717, 1.165) is 17.1 Å². The van der Waals surface area contributed by atoms with Crippen molar-refractivity contribution < 1.29 is 9.47 Å². The third-order valence-corrected chi connectivity index (χ3v) is 3.23. The zero-order valence-corrected chi connectivity index (χ0v) is 12.2. The van der Waals surface area contributed by atoms with Crippen molar-refractivity contribution in [2.45, 2.75) is 26.4 Å². The molecule has 0 fully saturated rings. The first kappa shape index (κ1) is 14.3. The van der Waals surface area contributed by atoms with Crippen molar-refractivity contribution in [2.75, 3.05) is 12.8 Å². The van der Waals surface area contributed by atoms with E-state index in [4.69, 9.17) is 15.2 Å². The molecular formula is C17H21NO2. The van der Waals surface area contributed by atoms with Gasteiger partial charge in [0.2, 0.25) is 0 Å². The molecule has 0 atom stereocenters. The predicted octanol–water partition coefficient (Wildman–Crippen LogP) is 3.98. The van der Waals surface area contributed by atoms with E-state index in [9.17, 15) is 0 Å². The van der Waals surface area contributed by atoms with Gasteiger partial charge in [0.15, 0.2) is 0 Å². The highest BCUT2D eigenvalue weighted by Crippen LogP contribution is 2.28. The van der Waals surface area contributed by atoms with E-state index in [-0.39, 0.29) is 0 Å². The van der Waals surface area contributed by atoms with Crippen molar-refractivity contribution >= 4 is 5.69 Å². The highest BCUT2D eigenvalue weighted by Gasteiger charge is 2.09. The monoisotopic (exact) mass is 271 g/mol. The van der Waals surface area contributed by atoms with E-state index in [1.165, 1.54) is 5.56 Å². The van der Waals surface area contributed by atoms with Crippen LogP contribution in [-0.4, -0.2) is 7.11 Å². The maximum absolute atomic E-state index is 5.95. The zero-order chi connectivity index (χ0) is 14.5. The molecule has 0 aromatic heterocycles. The van der Waals surface area contributed by atoms with E-state index in [1.54, 1.807) is 7.11 Å². The summed E-state index contributed by atoms with van der Waals surface area (Å²) in [6.07, 6.45) is 0. The van der Waals surface area contributed by atoms with Crippen LogP contribution in [0.1, 0.15) is 30.9 Å². The van der Waals surface area contributed by atoms with E-state index in [2.05, 4.69) is 19.9 Å². The topological polar surface area (TPSA) is 44.5 Å². The van der Waals surface area contributed by atoms with Crippen LogP contribution >= 0.6 is 0 Å². The van der Waals surface area contributed by atoms with Crippen LogP contribution in [0.15, 0.2) is 42.5 Å². The van der Waals surface area contributed by atoms with Crippen molar-refractivity contribution in [1.82, 2.24) is 0 Å². The summed E-state index contributed by atoms with van der Waals surface area (Å²) in [5.74, 6) is 2.13. The van der Waals surface area contributed by atoms with Gasteiger partial charge in [-0.25, -0.2) is 0 Å². The minimum atomic E-state index is 0.425. The Hall–Kier alpha value is -2.16. The standard InChI is InChI=1S/C17H21NO2/c1-12(2)15-6-4-5-7-17(15)20-11-13-10-14(18)8-9-16(13)19-3/h4-10,12H,11,18H2,1-3H3. The Bertz CT molecular complexity index is 579. The molecule has 3 nitrogen and oxygen atoms in total. The fraction of sp³-hybridized carbons (Fsp3) is 0.294. The van der Waals surface area contributed by atoms with E-state index in [1.807, 2.05) is 36.4 Å². The second-order valence-corrected chi connectivity index (χ2v) is 5.05. The molecular weight excluding hydrogens is 250 g/mol. The lowest BCUT2D eigenvalue weighted by atomic mass is 10.0. The first-order chi connectivity index (χ1) is 9.61. The molecule has 0 saturated heterocycles. The Morgan fingerprint density at radius 3 is 2.50 bits per heavy atom. The molecule has 3 heteroatoms. The van der Waals surface area contributed by atoms with Crippen molar-refractivity contribution in [1.29, 1.82) is 0 Å². The average Bonchev–Trinajstić information content (AvgIpc) is 2.45. The molecule has 0 unspecified atom stereocenters. The fourth-order valence-corrected chi connectivity index (χ4v) is 2.16. The summed E-state index contributed by atoms with van der Waals surface area (Å²) in [5.41, 5.74) is 8.68. The number of nitrogens with two attached hydrogens (primary N) is 1. The molecule has 0 aliphatic rings. The van der Waals surface area contributed by atoms with Crippen LogP contribution < -0.4 is 15.2 Å². The fourth-order valence-electron chi connectivity index (χ4n) is 2.16. The van der Waals surface area contributed by atoms with Gasteiger partial charge in [-0.05, 0) is 35.7 Å². The van der Waals surface area contributed by atoms with Crippen molar-refractivity contribution in [3.05, 3.63) is 53.6 Å². The maximum Gasteiger partial charge on any atom is 0.125 e. The molecule has 2 N–H and O–H groups in total. The molecule has 0 amide bonds. The Morgan fingerprint density at radius 1 is 1.05 bits per heavy atom. The lowest BCUT2D eigenvalue weighted by molar-refractivity contribution is 0.293. The molecule has 106 valence electrons. The van der Waals surface area contributed by atoms with Crippen LogP contribution in [-0.2, 0) is 6.61 Å². The van der Waals surface area contributed by atoms with Crippen LogP contribution in [0, 0.1) is 0 Å². The van der Waals surface area contributed by atoms with Gasteiger partial charge >= 0.3 is 0 Å². The predicted molar refractivity (Wildman–Crippen MR) is 82.3 cm³/mol. The number of para-hydroxylation sites is 1. The van der Waals surface area contributed by atoms with Crippen LogP contribution in [0.5, 0.6) is 11.5 Å². The zero-order valence-electron chi connectivity index (χ0n) is 12.2. The van der Waals surface area contributed by atoms with Crippen LogP contribution in [0.3, 0.4) is 0 Å². The number of methoxy groups -OCH3 is 1. The van der Waals surface area contributed by atoms with Gasteiger partial charge in [-0.1, -0.05) is 32.0 Å². The molecule has 0 bridgehead atoms. The molecule has 0 saturated carbocycles. The normalized spacial score (nSPS) is 10.6. The van der Waals surface area contributed by atoms with E-state index in [0.29, 0.717) is 18.2 Å². The number of anilines is 1. The Kier molecular flexibility index (Phi) is 4.51. The lowest BCUT2D eigenvalue weighted by Crippen LogP contribution is -2.02. The first-order valence-electron chi connectivity index (χ1n) is 6.76. The number of hydrogen-bond donors (Lipinski definition) is 1. The largest absolute Gasteiger partial charge is 0.496 e. The molecule has 0 heterocycles. The van der Waals surface area contributed by atoms with Gasteiger partial charge in [-0.3, -0.25) is 0 Å². The molecule has 0 aliphatic carbocycles. The van der Waals surface area contributed by atoms with E-state index < -0.39 is 0 Å². The molecule has 0 aliphatic heterocycles. The van der Waals surface area contributed by atoms with Gasteiger partial charge in [-0.2, -0.15) is 0 Å². The highest BCUT2D eigenvalue weighted by atomic mass is 16.5. The van der Waals surface area contributed by atoms with E-state index >= 15 is 0 Å². The number of ether oxygens (including phenoxy) is 2. The third kappa shape index (κ3) is 3.23. The molecule has 20 heavy (non-hydrogen) atoms. The SMILES string of the molecule is COc1ccc(N)cc1COc1ccccc1C(C)C. The first-order valence-corrected chi connectivity index (χ1v) is 6.76. The van der Waals surface area contributed by atoms with Crippen LogP contribution in [0.4, 0.5) is 5.69 Å². The van der Waals surface area contributed by atoms with Gasteiger partial charge in [0.25, 0.3) is 0 Å². The summed E-state index contributed by atoms with van der Waals surface area (Å²) in [6, 6.07) is 13.7. The van der Waals surface area contributed by atoms with Gasteiger partial charge in [-0.15, -0.1) is 0 Å². The van der Waals surface area contributed by atoms with Crippen molar-refractivity contribution in [3.63, 3.8) is 0 Å². The third-order valence-electron chi connectivity index (χ3n) is 3.23. The minimum absolute atomic E-state index is 0.425. The van der Waals surface area contributed by atoms with Gasteiger partial charge < -0.3 is 15.2 Å². The van der Waals surface area contributed by atoms with Gasteiger partial charge in [0.05, 0.1) is 7.11 Å². The second kappa shape index (κ2) is 6.33. The summed E-state index contributed by atoms with van der Waals surface area (Å²) in [5, 5.41) is 0. The van der Waals surface area contributed by atoms with Crippen molar-refractivity contribution in [2.24, 2.45) is 0 Å². The highest BCUT2D eigenvalue weighted by molar-refractivity contribution is 5.48. The van der Waals surface area contributed by atoms with Crippen LogP contribution in [0.25, 0.3) is 0 Å². The second-order valence-electron chi connectivity index (χ2n) is 5.05. The Labute approximate surface area is 120 Å². The number of rotatable bonds is 5. The molecule has 2 aromatic carbocycles. The lowest BCUT2D eigenvalue weighted by Gasteiger charge is -2.15.